The molecule has 1 fully saturated rings. The normalized spacial score (nSPS) is 19.8. The molecule has 17 heavy (non-hydrogen) atoms. The minimum absolute atomic E-state index is 0.273. The average Bonchev–Trinajstić information content (AvgIpc) is 2.55. The van der Waals surface area contributed by atoms with Crippen LogP contribution in [0.25, 0.3) is 0 Å². The summed E-state index contributed by atoms with van der Waals surface area (Å²) in [6.45, 7) is 6.68. The van der Waals surface area contributed by atoms with Crippen LogP contribution in [-0.2, 0) is 6.54 Å². The van der Waals surface area contributed by atoms with Crippen LogP contribution in [0.15, 0.2) is 21.1 Å². The maximum Gasteiger partial charge on any atom is 0.143 e. The van der Waals surface area contributed by atoms with Gasteiger partial charge in [-0.1, -0.05) is 0 Å². The number of rotatable bonds is 2. The lowest BCUT2D eigenvalue weighted by molar-refractivity contribution is 0.166. The first kappa shape index (κ1) is 13.4. The zero-order valence-electron chi connectivity index (χ0n) is 10.1. The van der Waals surface area contributed by atoms with Crippen molar-refractivity contribution in [3.8, 4) is 5.75 Å². The van der Waals surface area contributed by atoms with Gasteiger partial charge in [0.15, 0.2) is 0 Å². The van der Waals surface area contributed by atoms with E-state index >= 15 is 0 Å². The van der Waals surface area contributed by atoms with Gasteiger partial charge in [-0.3, -0.25) is 4.90 Å². The highest BCUT2D eigenvalue weighted by Crippen LogP contribution is 2.35. The minimum atomic E-state index is 0.273. The second-order valence-electron chi connectivity index (χ2n) is 5.25. The summed E-state index contributed by atoms with van der Waals surface area (Å²) in [7, 11) is 0. The molecule has 4 heteroatoms. The third kappa shape index (κ3) is 2.85. The number of benzene rings is 1. The predicted octanol–water partition coefficient (Wildman–Crippen LogP) is 4.29. The number of phenols is 1. The van der Waals surface area contributed by atoms with Crippen molar-refractivity contribution >= 4 is 31.9 Å². The molecule has 0 aliphatic carbocycles. The van der Waals surface area contributed by atoms with Crippen LogP contribution in [0.3, 0.4) is 0 Å². The molecule has 1 saturated heterocycles. The quantitative estimate of drug-likeness (QED) is 0.848. The largest absolute Gasteiger partial charge is 0.506 e. The van der Waals surface area contributed by atoms with Gasteiger partial charge in [-0.2, -0.15) is 0 Å². The monoisotopic (exact) mass is 361 g/mol. The SMILES string of the molecule is CC1(C)CCCN1Cc1cc(Br)c(O)c(Br)c1. The molecule has 94 valence electrons. The van der Waals surface area contributed by atoms with Crippen LogP contribution in [0.4, 0.5) is 0 Å². The van der Waals surface area contributed by atoms with Gasteiger partial charge in [0.1, 0.15) is 5.75 Å². The van der Waals surface area contributed by atoms with Crippen LogP contribution in [0, 0.1) is 0 Å². The van der Waals surface area contributed by atoms with E-state index in [-0.39, 0.29) is 11.3 Å². The molecular weight excluding hydrogens is 346 g/mol. The summed E-state index contributed by atoms with van der Waals surface area (Å²) in [6, 6.07) is 3.99. The maximum absolute atomic E-state index is 9.69. The standard InChI is InChI=1S/C13H17Br2NO/c1-13(2)4-3-5-16(13)8-9-6-10(14)12(17)11(15)7-9/h6-7,17H,3-5,8H2,1-2H3. The Morgan fingerprint density at radius 1 is 1.29 bits per heavy atom. The summed E-state index contributed by atoms with van der Waals surface area (Å²) < 4.78 is 1.50. The molecule has 1 aliphatic heterocycles. The fourth-order valence-electron chi connectivity index (χ4n) is 2.39. The molecule has 0 aromatic heterocycles. The molecular formula is C13H17Br2NO. The highest BCUT2D eigenvalue weighted by molar-refractivity contribution is 9.11. The molecule has 0 atom stereocenters. The molecule has 0 unspecified atom stereocenters. The number of halogens is 2. The molecule has 1 aliphatic rings. The second-order valence-corrected chi connectivity index (χ2v) is 6.95. The van der Waals surface area contributed by atoms with Gasteiger partial charge >= 0.3 is 0 Å². The van der Waals surface area contributed by atoms with E-state index in [0.29, 0.717) is 0 Å². The summed E-state index contributed by atoms with van der Waals surface area (Å²) in [5, 5.41) is 9.69. The Balaban J connectivity index is 2.19. The first-order chi connectivity index (χ1) is 7.90. The lowest BCUT2D eigenvalue weighted by Gasteiger charge is -2.31. The van der Waals surface area contributed by atoms with Crippen LogP contribution in [0.2, 0.25) is 0 Å². The number of likely N-dealkylation sites (tertiary alicyclic amines) is 1. The Labute approximate surface area is 119 Å². The lowest BCUT2D eigenvalue weighted by atomic mass is 10.0. The van der Waals surface area contributed by atoms with Gasteiger partial charge in [-0.05, 0) is 82.8 Å². The second kappa shape index (κ2) is 4.90. The summed E-state index contributed by atoms with van der Waals surface area (Å²) in [4.78, 5) is 2.50. The molecule has 1 aromatic rings. The van der Waals surface area contributed by atoms with Gasteiger partial charge in [0.25, 0.3) is 0 Å². The molecule has 1 aromatic carbocycles. The molecule has 0 radical (unpaired) electrons. The Morgan fingerprint density at radius 2 is 1.88 bits per heavy atom. The molecule has 1 heterocycles. The van der Waals surface area contributed by atoms with E-state index in [0.717, 1.165) is 22.0 Å². The van der Waals surface area contributed by atoms with E-state index in [2.05, 4.69) is 50.6 Å². The average molecular weight is 363 g/mol. The molecule has 1 N–H and O–H groups in total. The van der Waals surface area contributed by atoms with Crippen LogP contribution in [0.1, 0.15) is 32.3 Å². The number of hydrogen-bond acceptors (Lipinski definition) is 2. The van der Waals surface area contributed by atoms with Crippen molar-refractivity contribution in [2.24, 2.45) is 0 Å². The van der Waals surface area contributed by atoms with Crippen molar-refractivity contribution in [3.63, 3.8) is 0 Å². The third-order valence-electron chi connectivity index (χ3n) is 3.52. The molecule has 0 spiro atoms. The molecule has 2 nitrogen and oxygen atoms in total. The first-order valence-electron chi connectivity index (χ1n) is 5.82. The highest BCUT2D eigenvalue weighted by Gasteiger charge is 2.31. The fourth-order valence-corrected chi connectivity index (χ4v) is 3.67. The maximum atomic E-state index is 9.69. The van der Waals surface area contributed by atoms with E-state index in [1.807, 2.05) is 12.1 Å². The van der Waals surface area contributed by atoms with Crippen LogP contribution < -0.4 is 0 Å². The highest BCUT2D eigenvalue weighted by atomic mass is 79.9. The zero-order valence-corrected chi connectivity index (χ0v) is 13.3. The summed E-state index contributed by atoms with van der Waals surface area (Å²) in [5.41, 5.74) is 1.51. The fraction of sp³-hybridized carbons (Fsp3) is 0.538. The van der Waals surface area contributed by atoms with Crippen molar-refractivity contribution in [2.45, 2.75) is 38.8 Å². The molecule has 0 bridgehead atoms. The summed E-state index contributed by atoms with van der Waals surface area (Å²) in [6.07, 6.45) is 2.53. The summed E-state index contributed by atoms with van der Waals surface area (Å²) in [5.74, 6) is 0.273. The topological polar surface area (TPSA) is 23.5 Å². The zero-order chi connectivity index (χ0) is 12.6. The van der Waals surface area contributed by atoms with Gasteiger partial charge < -0.3 is 5.11 Å². The van der Waals surface area contributed by atoms with E-state index in [1.165, 1.54) is 18.4 Å². The number of hydrogen-bond donors (Lipinski definition) is 1. The first-order valence-corrected chi connectivity index (χ1v) is 7.41. The number of phenolic OH excluding ortho intramolecular Hbond substituents is 1. The van der Waals surface area contributed by atoms with Gasteiger partial charge in [0.2, 0.25) is 0 Å². The number of aromatic hydroxyl groups is 1. The molecule has 0 amide bonds. The minimum Gasteiger partial charge on any atom is -0.506 e. The van der Waals surface area contributed by atoms with Gasteiger partial charge in [-0.25, -0.2) is 0 Å². The Hall–Kier alpha value is -0.0600. The van der Waals surface area contributed by atoms with Crippen LogP contribution in [0.5, 0.6) is 5.75 Å². The van der Waals surface area contributed by atoms with Gasteiger partial charge in [0.05, 0.1) is 8.95 Å². The Kier molecular flexibility index (Phi) is 3.86. The van der Waals surface area contributed by atoms with E-state index in [9.17, 15) is 5.11 Å². The van der Waals surface area contributed by atoms with Crippen LogP contribution in [-0.4, -0.2) is 22.1 Å². The lowest BCUT2D eigenvalue weighted by Crippen LogP contribution is -2.37. The van der Waals surface area contributed by atoms with Crippen molar-refractivity contribution in [1.82, 2.24) is 4.90 Å². The third-order valence-corrected chi connectivity index (χ3v) is 4.73. The van der Waals surface area contributed by atoms with Crippen molar-refractivity contribution in [2.75, 3.05) is 6.54 Å². The van der Waals surface area contributed by atoms with E-state index in [4.69, 9.17) is 0 Å². The van der Waals surface area contributed by atoms with Crippen molar-refractivity contribution in [1.29, 1.82) is 0 Å². The van der Waals surface area contributed by atoms with E-state index in [1.54, 1.807) is 0 Å². The van der Waals surface area contributed by atoms with Gasteiger partial charge in [-0.15, -0.1) is 0 Å². The van der Waals surface area contributed by atoms with Crippen molar-refractivity contribution in [3.05, 3.63) is 26.6 Å². The van der Waals surface area contributed by atoms with Crippen LogP contribution >= 0.6 is 31.9 Å². The Bertz CT molecular complexity index is 408. The molecule has 0 saturated carbocycles. The van der Waals surface area contributed by atoms with E-state index < -0.39 is 0 Å². The van der Waals surface area contributed by atoms with Gasteiger partial charge in [0, 0.05) is 12.1 Å². The smallest absolute Gasteiger partial charge is 0.143 e. The molecule has 2 rings (SSSR count). The number of nitrogens with zero attached hydrogens (tertiary/aromatic N) is 1. The summed E-state index contributed by atoms with van der Waals surface area (Å²) >= 11 is 6.75. The van der Waals surface area contributed by atoms with Crippen molar-refractivity contribution < 1.29 is 5.11 Å². The Morgan fingerprint density at radius 3 is 2.35 bits per heavy atom. The predicted molar refractivity (Wildman–Crippen MR) is 77.2 cm³/mol.